The van der Waals surface area contributed by atoms with Gasteiger partial charge < -0.3 is 17.9 Å². The highest BCUT2D eigenvalue weighted by Gasteiger charge is 2.51. The Labute approximate surface area is 157 Å². The van der Waals surface area contributed by atoms with Crippen LogP contribution < -0.4 is 4.23 Å². The van der Waals surface area contributed by atoms with Crippen molar-refractivity contribution in [2.45, 2.75) is 78.8 Å². The summed E-state index contributed by atoms with van der Waals surface area (Å²) in [5.41, 5.74) is 3.31. The van der Waals surface area contributed by atoms with E-state index in [1.165, 1.54) is 0 Å². The number of hydrogen-bond acceptors (Lipinski definition) is 4. The Balaban J connectivity index is 3.74. The van der Waals surface area contributed by atoms with E-state index in [4.69, 9.17) is 4.12 Å². The van der Waals surface area contributed by atoms with Gasteiger partial charge in [0.15, 0.2) is 8.32 Å². The molecule has 0 aliphatic carbocycles. The second-order valence-electron chi connectivity index (χ2n) is 9.39. The molecule has 1 aromatic rings. The monoisotopic (exact) mass is 399 g/mol. The molecule has 0 aromatic heterocycles. The minimum absolute atomic E-state index is 0.296. The lowest BCUT2D eigenvalue weighted by atomic mass is 9.93. The largest absolute Gasteiger partial charge is 0.609 e. The van der Waals surface area contributed by atoms with E-state index in [-0.39, 0.29) is 0 Å². The van der Waals surface area contributed by atoms with E-state index >= 15 is 0 Å². The van der Waals surface area contributed by atoms with Crippen molar-refractivity contribution in [1.82, 2.24) is 0 Å². The second-order valence-corrected chi connectivity index (χ2v) is 21.3. The molecule has 0 aliphatic heterocycles. The van der Waals surface area contributed by atoms with Crippen molar-refractivity contribution in [3.8, 4) is 0 Å². The van der Waals surface area contributed by atoms with Gasteiger partial charge in [0.05, 0.1) is 0 Å². The molecule has 1 rings (SSSR count). The second kappa shape index (κ2) is 7.66. The van der Waals surface area contributed by atoms with Gasteiger partial charge in [-0.05, 0) is 42.6 Å². The normalized spacial score (nSPS) is 13.7. The molecule has 0 spiro atoms. The first kappa shape index (κ1) is 22.6. The van der Waals surface area contributed by atoms with Gasteiger partial charge >= 0.3 is 8.97 Å². The molecular weight excluding hydrogens is 362 g/mol. The summed E-state index contributed by atoms with van der Waals surface area (Å²) < 4.78 is 7.91. The van der Waals surface area contributed by atoms with Crippen molar-refractivity contribution in [1.29, 1.82) is 0 Å². The first-order valence-electron chi connectivity index (χ1n) is 9.16. The number of rotatable bonds is 7. The van der Waals surface area contributed by atoms with Gasteiger partial charge in [0.1, 0.15) is 8.24 Å². The molecule has 0 saturated carbocycles. The Morgan fingerprint density at radius 2 is 1.24 bits per heavy atom. The molecular formula is C18H37NO3Si3. The number of nitrogens with zero attached hydrogens (tertiary/aromatic N) is 1. The predicted octanol–water partition coefficient (Wildman–Crippen LogP) is 4.85. The third-order valence-electron chi connectivity index (χ3n) is 3.97. The third kappa shape index (κ3) is 5.77. The van der Waals surface area contributed by atoms with Crippen LogP contribution in [0.3, 0.4) is 0 Å². The van der Waals surface area contributed by atoms with Gasteiger partial charge in [0.2, 0.25) is 0 Å². The zero-order valence-electron chi connectivity index (χ0n) is 17.6. The van der Waals surface area contributed by atoms with Crippen molar-refractivity contribution < 1.29 is 13.7 Å². The highest BCUT2D eigenvalue weighted by molar-refractivity contribution is 6.95. The maximum atomic E-state index is 11.2. The van der Waals surface area contributed by atoms with Crippen LogP contribution in [0.5, 0.6) is 0 Å². The summed E-state index contributed by atoms with van der Waals surface area (Å²) in [7, 11) is -8.28. The molecule has 7 heteroatoms. The van der Waals surface area contributed by atoms with Crippen LogP contribution >= 0.6 is 0 Å². The Morgan fingerprint density at radius 3 is 1.52 bits per heavy atom. The average Bonchev–Trinajstić information content (AvgIpc) is 2.32. The van der Waals surface area contributed by atoms with Gasteiger partial charge in [-0.25, -0.2) is 0 Å². The van der Waals surface area contributed by atoms with Crippen LogP contribution in [0, 0.1) is 0 Å². The molecule has 0 bridgehead atoms. The van der Waals surface area contributed by atoms with Gasteiger partial charge in [-0.15, -0.1) is 0 Å². The van der Waals surface area contributed by atoms with Crippen molar-refractivity contribution in [3.63, 3.8) is 0 Å². The summed E-state index contributed by atoms with van der Waals surface area (Å²) in [6.07, 6.45) is 0. The lowest BCUT2D eigenvalue weighted by Gasteiger charge is -2.46. The van der Waals surface area contributed by atoms with E-state index in [1.54, 1.807) is 0 Å². The van der Waals surface area contributed by atoms with E-state index < -0.39 is 25.5 Å². The Morgan fingerprint density at radius 1 is 0.840 bits per heavy atom. The topological polar surface area (TPSA) is 52.9 Å². The van der Waals surface area contributed by atoms with E-state index in [0.29, 0.717) is 11.8 Å². The zero-order valence-corrected chi connectivity index (χ0v) is 20.6. The van der Waals surface area contributed by atoms with Crippen LogP contribution in [0.4, 0.5) is 5.69 Å². The van der Waals surface area contributed by atoms with Crippen molar-refractivity contribution >= 4 is 31.2 Å². The number of para-hydroxylation sites is 1. The molecule has 2 N–H and O–H groups in total. The predicted molar refractivity (Wildman–Crippen MR) is 115 cm³/mol. The van der Waals surface area contributed by atoms with Crippen LogP contribution in [0.25, 0.3) is 0 Å². The minimum Gasteiger partial charge on any atom is -0.400 e. The van der Waals surface area contributed by atoms with Gasteiger partial charge in [-0.3, -0.25) is 0 Å². The average molecular weight is 400 g/mol. The molecule has 0 radical (unpaired) electrons. The third-order valence-corrected chi connectivity index (χ3v) is 12.8. The fourth-order valence-corrected chi connectivity index (χ4v) is 12.2. The smallest absolute Gasteiger partial charge is 0.400 e. The van der Waals surface area contributed by atoms with Crippen LogP contribution in [-0.2, 0) is 4.12 Å². The summed E-state index contributed by atoms with van der Waals surface area (Å²) >= 11 is 0. The molecule has 0 heterocycles. The van der Waals surface area contributed by atoms with Gasteiger partial charge in [0.25, 0.3) is 0 Å². The Bertz CT molecular complexity index is 564. The van der Waals surface area contributed by atoms with E-state index in [0.717, 1.165) is 16.8 Å². The quantitative estimate of drug-likeness (QED) is 0.644. The van der Waals surface area contributed by atoms with Crippen LogP contribution in [0.2, 0.25) is 39.3 Å². The number of anilines is 1. The minimum atomic E-state index is -4.04. The molecule has 0 fully saturated rings. The SMILES string of the molecule is CC(C)c1cccc(C(C)C)c1N([Si](C)(C)C)[Si](O)(O)O[Si](C)(C)C. The lowest BCUT2D eigenvalue weighted by molar-refractivity contribution is 0.239. The zero-order chi connectivity index (χ0) is 19.8. The molecule has 4 nitrogen and oxygen atoms in total. The Kier molecular flexibility index (Phi) is 6.92. The van der Waals surface area contributed by atoms with Crippen molar-refractivity contribution in [2.24, 2.45) is 0 Å². The summed E-state index contributed by atoms with van der Waals surface area (Å²) in [5.74, 6) is 0.591. The fourth-order valence-electron chi connectivity index (χ4n) is 3.14. The number of hydrogen-bond donors (Lipinski definition) is 2. The van der Waals surface area contributed by atoms with E-state index in [9.17, 15) is 9.59 Å². The first-order chi connectivity index (χ1) is 11.1. The van der Waals surface area contributed by atoms with Gasteiger partial charge in [-0.2, -0.15) is 0 Å². The molecule has 0 atom stereocenters. The highest BCUT2D eigenvalue weighted by atomic mass is 28.5. The summed E-state index contributed by atoms with van der Waals surface area (Å²) in [4.78, 5) is 22.4. The summed E-state index contributed by atoms with van der Waals surface area (Å²) in [5, 5.41) is 0. The van der Waals surface area contributed by atoms with E-state index in [2.05, 4.69) is 65.5 Å². The lowest BCUT2D eigenvalue weighted by Crippen LogP contribution is -2.69. The van der Waals surface area contributed by atoms with Crippen LogP contribution in [-0.4, -0.2) is 35.1 Å². The fraction of sp³-hybridized carbons (Fsp3) is 0.667. The van der Waals surface area contributed by atoms with E-state index in [1.807, 2.05) is 23.9 Å². The first-order valence-corrected chi connectivity index (χ1v) is 17.8. The van der Waals surface area contributed by atoms with Crippen LogP contribution in [0.1, 0.15) is 50.7 Å². The molecule has 0 unspecified atom stereocenters. The molecule has 25 heavy (non-hydrogen) atoms. The van der Waals surface area contributed by atoms with Gasteiger partial charge in [-0.1, -0.05) is 65.5 Å². The molecule has 0 amide bonds. The van der Waals surface area contributed by atoms with Crippen molar-refractivity contribution in [3.05, 3.63) is 29.3 Å². The summed E-state index contributed by atoms with van der Waals surface area (Å²) in [6, 6.07) is 6.30. The molecule has 144 valence electrons. The number of benzene rings is 1. The molecule has 0 saturated heterocycles. The van der Waals surface area contributed by atoms with Gasteiger partial charge in [0, 0.05) is 5.69 Å². The maximum Gasteiger partial charge on any atom is 0.609 e. The van der Waals surface area contributed by atoms with Crippen LogP contribution in [0.15, 0.2) is 18.2 Å². The van der Waals surface area contributed by atoms with Crippen molar-refractivity contribution in [2.75, 3.05) is 4.23 Å². The Hall–Kier alpha value is -0.449. The maximum absolute atomic E-state index is 11.2. The molecule has 0 aliphatic rings. The molecule has 1 aromatic carbocycles. The highest BCUT2D eigenvalue weighted by Crippen LogP contribution is 2.40. The standard InChI is InChI=1S/C18H37NO3Si3/c1-14(2)16-12-11-13-17(15(3)4)18(16)19(23(5,6)7)25(20,21)22-24(8,9)10/h11-15,20-21H,1-10H3. The summed E-state index contributed by atoms with van der Waals surface area (Å²) in [6.45, 7) is 21.1.